The molecule has 1 N–H and O–H groups in total. The maximum absolute atomic E-state index is 11.9. The van der Waals surface area contributed by atoms with Crippen LogP contribution in [0.3, 0.4) is 0 Å². The van der Waals surface area contributed by atoms with Gasteiger partial charge < -0.3 is 29.0 Å². The van der Waals surface area contributed by atoms with Crippen molar-refractivity contribution in [1.29, 1.82) is 0 Å². The smallest absolute Gasteiger partial charge is 0.303 e. The van der Waals surface area contributed by atoms with Crippen LogP contribution in [-0.2, 0) is 38.1 Å². The number of rotatable bonds is 7. The zero-order valence-corrected chi connectivity index (χ0v) is 19.3. The van der Waals surface area contributed by atoms with Crippen molar-refractivity contribution < 1.29 is 42.9 Å². The highest BCUT2D eigenvalue weighted by atomic mass is 35.5. The Hall–Kier alpha value is -2.56. The zero-order valence-electron chi connectivity index (χ0n) is 17.8. The molecule has 1 heterocycles. The fourth-order valence-corrected chi connectivity index (χ4v) is 3.54. The summed E-state index contributed by atoms with van der Waals surface area (Å²) in [7, 11) is 0. The molecule has 1 fully saturated rings. The minimum atomic E-state index is -1.27. The molecule has 0 aliphatic carbocycles. The van der Waals surface area contributed by atoms with Gasteiger partial charge in [0.1, 0.15) is 24.5 Å². The van der Waals surface area contributed by atoms with Crippen molar-refractivity contribution in [3.63, 3.8) is 0 Å². The minimum Gasteiger partial charge on any atom is -0.463 e. The monoisotopic (exact) mass is 491 g/mol. The van der Waals surface area contributed by atoms with Gasteiger partial charge in [0.2, 0.25) is 12.2 Å². The summed E-state index contributed by atoms with van der Waals surface area (Å²) >= 11 is 12.1. The minimum absolute atomic E-state index is 0.158. The Labute approximate surface area is 194 Å². The van der Waals surface area contributed by atoms with E-state index in [-0.39, 0.29) is 17.4 Å². The third kappa shape index (κ3) is 7.25. The molecule has 10 nitrogen and oxygen atoms in total. The summed E-state index contributed by atoms with van der Waals surface area (Å²) in [6.07, 6.45) is -4.80. The van der Waals surface area contributed by atoms with Gasteiger partial charge in [0.15, 0.2) is 12.2 Å². The van der Waals surface area contributed by atoms with Crippen molar-refractivity contribution in [2.24, 2.45) is 0 Å². The molecule has 1 saturated heterocycles. The van der Waals surface area contributed by atoms with E-state index in [4.69, 9.17) is 46.9 Å². The maximum atomic E-state index is 11.9. The molecule has 1 aromatic rings. The van der Waals surface area contributed by atoms with Crippen LogP contribution in [0.15, 0.2) is 18.2 Å². The first-order chi connectivity index (χ1) is 15.0. The molecule has 0 aromatic heterocycles. The second-order valence-corrected chi connectivity index (χ2v) is 7.76. The topological polar surface area (TPSA) is 126 Å². The number of carbonyl (C=O) groups is 4. The molecule has 1 aliphatic rings. The Morgan fingerprint density at radius 3 is 2.12 bits per heavy atom. The Morgan fingerprint density at radius 1 is 0.969 bits per heavy atom. The van der Waals surface area contributed by atoms with Gasteiger partial charge in [0.25, 0.3) is 0 Å². The van der Waals surface area contributed by atoms with Crippen LogP contribution in [-0.4, -0.2) is 61.1 Å². The molecule has 0 radical (unpaired) electrons. The molecule has 1 aromatic carbocycles. The number of esters is 3. The van der Waals surface area contributed by atoms with Crippen molar-refractivity contribution in [1.82, 2.24) is 5.32 Å². The molecule has 1 amide bonds. The molecule has 0 spiro atoms. The lowest BCUT2D eigenvalue weighted by atomic mass is 9.96. The lowest BCUT2D eigenvalue weighted by molar-refractivity contribution is -0.257. The van der Waals surface area contributed by atoms with E-state index in [9.17, 15) is 19.2 Å². The molecule has 176 valence electrons. The number of hydrogen-bond acceptors (Lipinski definition) is 9. The molecule has 5 atom stereocenters. The lowest BCUT2D eigenvalue weighted by Crippen LogP contribution is -2.67. The number of hydrogen-bond donors (Lipinski definition) is 1. The van der Waals surface area contributed by atoms with E-state index >= 15 is 0 Å². The lowest BCUT2D eigenvalue weighted by Gasteiger charge is -2.44. The Bertz CT molecular complexity index is 879. The van der Waals surface area contributed by atoms with Gasteiger partial charge in [-0.3, -0.25) is 19.2 Å². The summed E-state index contributed by atoms with van der Waals surface area (Å²) in [5.41, 5.74) is 0. The Kier molecular flexibility index (Phi) is 9.11. The standard InChI is InChI=1S/C20H23Cl2NO9/c1-9(24)23-17-19(30-12(4)27)18(29-11(3)26)16(8-28-10(2)25)32-20(17)31-15-6-5-13(21)7-14(15)22/h5-7,16-20H,8H2,1-4H3,(H,23,24)/t16-,17-,18-,19-,20-/m0/s1. The zero-order chi connectivity index (χ0) is 24.0. The van der Waals surface area contributed by atoms with Crippen LogP contribution in [0.2, 0.25) is 10.0 Å². The number of carbonyl (C=O) groups excluding carboxylic acids is 4. The van der Waals surface area contributed by atoms with Crippen LogP contribution in [0, 0.1) is 0 Å². The molecule has 32 heavy (non-hydrogen) atoms. The quantitative estimate of drug-likeness (QED) is 0.449. The van der Waals surface area contributed by atoms with Crippen molar-refractivity contribution in [3.05, 3.63) is 28.2 Å². The Morgan fingerprint density at radius 2 is 1.59 bits per heavy atom. The highest BCUT2D eigenvalue weighted by Gasteiger charge is 2.52. The van der Waals surface area contributed by atoms with Crippen LogP contribution >= 0.6 is 23.2 Å². The number of nitrogens with one attached hydrogen (secondary N) is 1. The molecule has 2 rings (SSSR count). The first-order valence-electron chi connectivity index (χ1n) is 9.50. The summed E-state index contributed by atoms with van der Waals surface area (Å²) in [5, 5.41) is 3.12. The van der Waals surface area contributed by atoms with E-state index in [1.165, 1.54) is 32.0 Å². The number of benzene rings is 1. The van der Waals surface area contributed by atoms with Gasteiger partial charge in [-0.25, -0.2) is 0 Å². The average molecular weight is 492 g/mol. The summed E-state index contributed by atoms with van der Waals surface area (Å²) in [4.78, 5) is 46.8. The fourth-order valence-electron chi connectivity index (χ4n) is 3.09. The van der Waals surface area contributed by atoms with Crippen molar-refractivity contribution in [2.75, 3.05) is 6.61 Å². The van der Waals surface area contributed by atoms with Gasteiger partial charge in [-0.15, -0.1) is 0 Å². The van der Waals surface area contributed by atoms with Crippen LogP contribution < -0.4 is 10.1 Å². The molecule has 0 unspecified atom stereocenters. The van der Waals surface area contributed by atoms with Crippen molar-refractivity contribution in [2.45, 2.75) is 58.3 Å². The van der Waals surface area contributed by atoms with Gasteiger partial charge in [-0.1, -0.05) is 23.2 Å². The van der Waals surface area contributed by atoms with E-state index in [0.29, 0.717) is 5.02 Å². The second-order valence-electron chi connectivity index (χ2n) is 6.91. The molecule has 0 saturated carbocycles. The van der Waals surface area contributed by atoms with E-state index in [0.717, 1.165) is 13.8 Å². The van der Waals surface area contributed by atoms with Crippen LogP contribution in [0.5, 0.6) is 5.75 Å². The van der Waals surface area contributed by atoms with Gasteiger partial charge in [-0.05, 0) is 18.2 Å². The predicted octanol–water partition coefficient (Wildman–Crippen LogP) is 2.03. The highest BCUT2D eigenvalue weighted by molar-refractivity contribution is 6.35. The molecule has 12 heteroatoms. The van der Waals surface area contributed by atoms with Crippen molar-refractivity contribution >= 4 is 47.0 Å². The van der Waals surface area contributed by atoms with Crippen molar-refractivity contribution in [3.8, 4) is 5.75 Å². The van der Waals surface area contributed by atoms with E-state index < -0.39 is 54.5 Å². The first-order valence-corrected chi connectivity index (χ1v) is 10.3. The highest BCUT2D eigenvalue weighted by Crippen LogP contribution is 2.33. The molecular formula is C20H23Cl2NO9. The SMILES string of the molecule is CC(=O)N[C@@H]1[C@@H](Oc2ccc(Cl)cc2Cl)O[C@@H](COC(C)=O)[C@H](OC(C)=O)[C@H]1OC(C)=O. The number of ether oxygens (including phenoxy) is 5. The van der Waals surface area contributed by atoms with Gasteiger partial charge in [0, 0.05) is 32.7 Å². The molecule has 0 bridgehead atoms. The predicted molar refractivity (Wildman–Crippen MR) is 111 cm³/mol. The van der Waals surface area contributed by atoms with Crippen LogP contribution in [0.1, 0.15) is 27.7 Å². The van der Waals surface area contributed by atoms with Gasteiger partial charge >= 0.3 is 17.9 Å². The van der Waals surface area contributed by atoms with E-state index in [2.05, 4.69) is 5.32 Å². The maximum Gasteiger partial charge on any atom is 0.303 e. The summed E-state index contributed by atoms with van der Waals surface area (Å²) < 4.78 is 27.5. The average Bonchev–Trinajstić information content (AvgIpc) is 2.65. The largest absolute Gasteiger partial charge is 0.463 e. The number of amides is 1. The summed E-state index contributed by atoms with van der Waals surface area (Å²) in [6, 6.07) is 3.34. The Balaban J connectivity index is 2.47. The van der Waals surface area contributed by atoms with E-state index in [1.807, 2.05) is 0 Å². The van der Waals surface area contributed by atoms with Crippen LogP contribution in [0.4, 0.5) is 0 Å². The summed E-state index contributed by atoms with van der Waals surface area (Å²) in [5.74, 6) is -2.35. The van der Waals surface area contributed by atoms with E-state index in [1.54, 1.807) is 0 Å². The molecule has 1 aliphatic heterocycles. The second kappa shape index (κ2) is 11.3. The van der Waals surface area contributed by atoms with Gasteiger partial charge in [-0.2, -0.15) is 0 Å². The third-order valence-electron chi connectivity index (χ3n) is 4.21. The fraction of sp³-hybridized carbons (Fsp3) is 0.500. The number of halogens is 2. The molecular weight excluding hydrogens is 469 g/mol. The normalized spacial score (nSPS) is 24.8. The van der Waals surface area contributed by atoms with Gasteiger partial charge in [0.05, 0.1) is 5.02 Å². The summed E-state index contributed by atoms with van der Waals surface area (Å²) in [6.45, 7) is 4.39. The first kappa shape index (κ1) is 25.7. The van der Waals surface area contributed by atoms with Crippen LogP contribution in [0.25, 0.3) is 0 Å². The third-order valence-corrected chi connectivity index (χ3v) is 4.74.